The molecule has 2 aromatic carbocycles. The number of rotatable bonds is 11. The van der Waals surface area contributed by atoms with Gasteiger partial charge in [-0.3, -0.25) is 13.9 Å². The van der Waals surface area contributed by atoms with Gasteiger partial charge in [-0.25, -0.2) is 8.42 Å². The standard InChI is InChI=1S/C23H31N3O4S/c1-4-5-16-24-23(28)19-12-7-8-13-20(19)25-22(27)15-10-17-26(31(3,29)30)21-14-9-6-11-18(21)2/h6-9,11-14H,4-5,10,15-17H2,1-3H3,(H,24,28)(H,25,27). The number of benzene rings is 2. The largest absolute Gasteiger partial charge is 0.352 e. The summed E-state index contributed by atoms with van der Waals surface area (Å²) in [5.74, 6) is -0.501. The van der Waals surface area contributed by atoms with Crippen molar-refractivity contribution < 1.29 is 18.0 Å². The van der Waals surface area contributed by atoms with Gasteiger partial charge in [0.2, 0.25) is 15.9 Å². The van der Waals surface area contributed by atoms with Crippen LogP contribution in [0.4, 0.5) is 11.4 Å². The summed E-state index contributed by atoms with van der Waals surface area (Å²) in [5, 5.41) is 5.63. The highest BCUT2D eigenvalue weighted by Gasteiger charge is 2.19. The van der Waals surface area contributed by atoms with Crippen molar-refractivity contribution in [3.8, 4) is 0 Å². The van der Waals surface area contributed by atoms with E-state index in [-0.39, 0.29) is 24.8 Å². The molecule has 0 bridgehead atoms. The van der Waals surface area contributed by atoms with Crippen LogP contribution >= 0.6 is 0 Å². The van der Waals surface area contributed by atoms with Crippen molar-refractivity contribution in [1.82, 2.24) is 5.32 Å². The predicted molar refractivity (Wildman–Crippen MR) is 125 cm³/mol. The van der Waals surface area contributed by atoms with Crippen LogP contribution in [0.5, 0.6) is 0 Å². The maximum absolute atomic E-state index is 12.5. The van der Waals surface area contributed by atoms with E-state index in [1.807, 2.05) is 26.0 Å². The SMILES string of the molecule is CCCCNC(=O)c1ccccc1NC(=O)CCCN(c1ccccc1C)S(C)(=O)=O. The van der Waals surface area contributed by atoms with E-state index in [9.17, 15) is 18.0 Å². The summed E-state index contributed by atoms with van der Waals surface area (Å²) in [7, 11) is -3.48. The molecule has 0 spiro atoms. The van der Waals surface area contributed by atoms with E-state index in [4.69, 9.17) is 0 Å². The van der Waals surface area contributed by atoms with E-state index in [0.29, 0.717) is 29.9 Å². The minimum atomic E-state index is -3.48. The molecule has 0 fully saturated rings. The molecule has 0 saturated carbocycles. The van der Waals surface area contributed by atoms with Gasteiger partial charge >= 0.3 is 0 Å². The molecule has 2 N–H and O–H groups in total. The summed E-state index contributed by atoms with van der Waals surface area (Å²) in [6.45, 7) is 4.67. The molecule has 0 radical (unpaired) electrons. The lowest BCUT2D eigenvalue weighted by molar-refractivity contribution is -0.116. The number of aryl methyl sites for hydroxylation is 1. The van der Waals surface area contributed by atoms with E-state index in [0.717, 1.165) is 24.7 Å². The number of anilines is 2. The Labute approximate surface area is 184 Å². The first-order valence-electron chi connectivity index (χ1n) is 10.4. The molecule has 168 valence electrons. The van der Waals surface area contributed by atoms with Crippen molar-refractivity contribution in [2.75, 3.05) is 29.0 Å². The molecule has 2 amide bonds. The first-order chi connectivity index (χ1) is 14.7. The Morgan fingerprint density at radius 3 is 2.35 bits per heavy atom. The summed E-state index contributed by atoms with van der Waals surface area (Å²) in [6.07, 6.45) is 3.50. The van der Waals surface area contributed by atoms with E-state index >= 15 is 0 Å². The molecule has 0 heterocycles. The molecule has 0 saturated heterocycles. The smallest absolute Gasteiger partial charge is 0.253 e. The molecule has 8 heteroatoms. The van der Waals surface area contributed by atoms with Crippen LogP contribution in [0.25, 0.3) is 0 Å². The molecule has 0 unspecified atom stereocenters. The Bertz CT molecular complexity index is 1010. The molecule has 0 aliphatic heterocycles. The summed E-state index contributed by atoms with van der Waals surface area (Å²) < 4.78 is 25.8. The predicted octanol–water partition coefficient (Wildman–Crippen LogP) is 3.71. The van der Waals surface area contributed by atoms with E-state index < -0.39 is 10.0 Å². The van der Waals surface area contributed by atoms with Gasteiger partial charge < -0.3 is 10.6 Å². The van der Waals surface area contributed by atoms with Crippen LogP contribution in [0.15, 0.2) is 48.5 Å². The molecular weight excluding hydrogens is 414 g/mol. The number of nitrogens with one attached hydrogen (secondary N) is 2. The molecule has 2 rings (SSSR count). The molecule has 0 aliphatic carbocycles. The van der Waals surface area contributed by atoms with Gasteiger partial charge in [-0.2, -0.15) is 0 Å². The third kappa shape index (κ3) is 7.40. The Morgan fingerprint density at radius 1 is 1.00 bits per heavy atom. The van der Waals surface area contributed by atoms with Crippen molar-refractivity contribution in [3.05, 3.63) is 59.7 Å². The summed E-state index contributed by atoms with van der Waals surface area (Å²) in [6, 6.07) is 14.1. The zero-order valence-electron chi connectivity index (χ0n) is 18.3. The Balaban J connectivity index is 1.99. The summed E-state index contributed by atoms with van der Waals surface area (Å²) in [5.41, 5.74) is 2.31. The summed E-state index contributed by atoms with van der Waals surface area (Å²) in [4.78, 5) is 24.9. The number of carbonyl (C=O) groups excluding carboxylic acids is 2. The fourth-order valence-corrected chi connectivity index (χ4v) is 4.19. The first kappa shape index (κ1) is 24.4. The van der Waals surface area contributed by atoms with Crippen LogP contribution in [-0.4, -0.2) is 39.6 Å². The fourth-order valence-electron chi connectivity index (χ4n) is 3.17. The Kier molecular flexibility index (Phi) is 9.05. The van der Waals surface area contributed by atoms with Crippen molar-refractivity contribution in [2.24, 2.45) is 0 Å². The second kappa shape index (κ2) is 11.5. The second-order valence-electron chi connectivity index (χ2n) is 7.43. The molecule has 0 aliphatic rings. The van der Waals surface area contributed by atoms with Gasteiger partial charge in [-0.1, -0.05) is 43.7 Å². The number of nitrogens with zero attached hydrogens (tertiary/aromatic N) is 1. The van der Waals surface area contributed by atoms with E-state index in [1.54, 1.807) is 36.4 Å². The number of hydrogen-bond donors (Lipinski definition) is 2. The minimum absolute atomic E-state index is 0.129. The maximum Gasteiger partial charge on any atom is 0.253 e. The minimum Gasteiger partial charge on any atom is -0.352 e. The lowest BCUT2D eigenvalue weighted by Crippen LogP contribution is -2.32. The molecule has 31 heavy (non-hydrogen) atoms. The van der Waals surface area contributed by atoms with Crippen LogP contribution in [0.3, 0.4) is 0 Å². The third-order valence-electron chi connectivity index (χ3n) is 4.81. The number of amides is 2. The highest BCUT2D eigenvalue weighted by atomic mass is 32.2. The van der Waals surface area contributed by atoms with Gasteiger partial charge in [0.05, 0.1) is 23.2 Å². The third-order valence-corrected chi connectivity index (χ3v) is 5.99. The van der Waals surface area contributed by atoms with Crippen LogP contribution < -0.4 is 14.9 Å². The quantitative estimate of drug-likeness (QED) is 0.516. The van der Waals surface area contributed by atoms with Crippen LogP contribution in [-0.2, 0) is 14.8 Å². The summed E-state index contributed by atoms with van der Waals surface area (Å²) >= 11 is 0. The van der Waals surface area contributed by atoms with Crippen LogP contribution in [0.1, 0.15) is 48.5 Å². The number of para-hydroxylation sites is 2. The van der Waals surface area contributed by atoms with Crippen molar-refractivity contribution in [3.63, 3.8) is 0 Å². The van der Waals surface area contributed by atoms with Crippen molar-refractivity contribution in [1.29, 1.82) is 0 Å². The van der Waals surface area contributed by atoms with Gasteiger partial charge in [-0.15, -0.1) is 0 Å². The van der Waals surface area contributed by atoms with Gasteiger partial charge in [0.25, 0.3) is 5.91 Å². The van der Waals surface area contributed by atoms with Gasteiger partial charge in [0.1, 0.15) is 0 Å². The lowest BCUT2D eigenvalue weighted by atomic mass is 10.1. The maximum atomic E-state index is 12.5. The highest BCUT2D eigenvalue weighted by molar-refractivity contribution is 7.92. The molecule has 2 aromatic rings. The number of unbranched alkanes of at least 4 members (excludes halogenated alkanes) is 1. The van der Waals surface area contributed by atoms with Gasteiger partial charge in [0, 0.05) is 19.5 Å². The Morgan fingerprint density at radius 2 is 1.68 bits per heavy atom. The number of sulfonamides is 1. The van der Waals surface area contributed by atoms with Crippen molar-refractivity contribution in [2.45, 2.75) is 39.5 Å². The van der Waals surface area contributed by atoms with E-state index in [1.165, 1.54) is 4.31 Å². The molecular formula is C23H31N3O4S. The first-order valence-corrected chi connectivity index (χ1v) is 12.3. The number of carbonyl (C=O) groups is 2. The molecule has 7 nitrogen and oxygen atoms in total. The zero-order valence-corrected chi connectivity index (χ0v) is 19.2. The van der Waals surface area contributed by atoms with Crippen molar-refractivity contribution >= 4 is 33.2 Å². The fraction of sp³-hybridized carbons (Fsp3) is 0.391. The van der Waals surface area contributed by atoms with Gasteiger partial charge in [-0.05, 0) is 43.5 Å². The van der Waals surface area contributed by atoms with E-state index in [2.05, 4.69) is 10.6 Å². The van der Waals surface area contributed by atoms with Gasteiger partial charge in [0.15, 0.2) is 0 Å². The Hall–Kier alpha value is -2.87. The second-order valence-corrected chi connectivity index (χ2v) is 9.34. The molecule has 0 atom stereocenters. The normalized spacial score (nSPS) is 11.1. The average molecular weight is 446 g/mol. The van der Waals surface area contributed by atoms with Crippen LogP contribution in [0, 0.1) is 6.92 Å². The van der Waals surface area contributed by atoms with Crippen LogP contribution in [0.2, 0.25) is 0 Å². The average Bonchev–Trinajstić information content (AvgIpc) is 2.71. The topological polar surface area (TPSA) is 95.6 Å². The zero-order chi connectivity index (χ0) is 22.9. The number of hydrogen-bond acceptors (Lipinski definition) is 4. The highest BCUT2D eigenvalue weighted by Crippen LogP contribution is 2.22. The molecule has 0 aromatic heterocycles. The monoisotopic (exact) mass is 445 g/mol. The lowest BCUT2D eigenvalue weighted by Gasteiger charge is -2.24.